The number of aromatic amines is 2. The van der Waals surface area contributed by atoms with Crippen LogP contribution in [-0.4, -0.2) is 38.3 Å². The predicted molar refractivity (Wildman–Crippen MR) is 126 cm³/mol. The van der Waals surface area contributed by atoms with Gasteiger partial charge in [0.15, 0.2) is 5.16 Å². The maximum atomic E-state index is 12.6. The van der Waals surface area contributed by atoms with Crippen molar-refractivity contribution in [2.45, 2.75) is 5.16 Å². The molecule has 3 N–H and O–H groups in total. The number of carbonyl (C=O) groups excluding carboxylic acids is 1. The number of amides is 1. The van der Waals surface area contributed by atoms with E-state index in [2.05, 4.69) is 15.3 Å². The molecule has 2 aromatic heterocycles. The Morgan fingerprint density at radius 1 is 1.06 bits per heavy atom. The molecule has 2 heterocycles. The molecule has 0 spiro atoms. The first-order chi connectivity index (χ1) is 15.6. The maximum Gasteiger partial charge on any atom is 0.323 e. The zero-order valence-electron chi connectivity index (χ0n) is 17.1. The third kappa shape index (κ3) is 3.85. The van der Waals surface area contributed by atoms with Crippen LogP contribution in [0.15, 0.2) is 76.7 Å². The summed E-state index contributed by atoms with van der Waals surface area (Å²) < 4.78 is 7.29. The van der Waals surface area contributed by atoms with Gasteiger partial charge in [-0.2, -0.15) is 0 Å². The Morgan fingerprint density at radius 3 is 2.66 bits per heavy atom. The minimum atomic E-state index is -0.281. The SMILES string of the molecule is COc1ccc(-n2c(SCC(=O)Nc3ccc4[nH]c(=O)[nH]c4c3)nc3ccccc32)cc1. The molecule has 0 radical (unpaired) electrons. The lowest BCUT2D eigenvalue weighted by atomic mass is 10.2. The molecule has 0 aliphatic carbocycles. The van der Waals surface area contributed by atoms with Crippen molar-refractivity contribution in [3.8, 4) is 11.4 Å². The predicted octanol–water partition coefficient (Wildman–Crippen LogP) is 3.93. The molecular weight excluding hydrogens is 426 g/mol. The van der Waals surface area contributed by atoms with Gasteiger partial charge in [0, 0.05) is 11.4 Å². The fourth-order valence-corrected chi connectivity index (χ4v) is 4.35. The van der Waals surface area contributed by atoms with Gasteiger partial charge in [0.1, 0.15) is 5.75 Å². The average Bonchev–Trinajstić information content (AvgIpc) is 3.36. The van der Waals surface area contributed by atoms with E-state index in [1.54, 1.807) is 25.3 Å². The minimum Gasteiger partial charge on any atom is -0.497 e. The second-order valence-electron chi connectivity index (χ2n) is 7.09. The summed E-state index contributed by atoms with van der Waals surface area (Å²) >= 11 is 1.36. The Kier molecular flexibility index (Phi) is 5.16. The van der Waals surface area contributed by atoms with E-state index in [4.69, 9.17) is 9.72 Å². The molecule has 0 atom stereocenters. The topological polar surface area (TPSA) is 105 Å². The molecular formula is C23H19N5O3S. The van der Waals surface area contributed by atoms with Gasteiger partial charge in [-0.3, -0.25) is 9.36 Å². The Morgan fingerprint density at radius 2 is 1.84 bits per heavy atom. The number of H-pyrrole nitrogens is 2. The largest absolute Gasteiger partial charge is 0.497 e. The van der Waals surface area contributed by atoms with Crippen molar-refractivity contribution >= 4 is 45.4 Å². The number of fused-ring (bicyclic) bond motifs is 2. The molecule has 3 aromatic carbocycles. The molecule has 32 heavy (non-hydrogen) atoms. The van der Waals surface area contributed by atoms with E-state index in [0.29, 0.717) is 16.7 Å². The summed E-state index contributed by atoms with van der Waals surface area (Å²) in [6, 6.07) is 20.8. The van der Waals surface area contributed by atoms with E-state index in [1.165, 1.54) is 11.8 Å². The van der Waals surface area contributed by atoms with Gasteiger partial charge in [-0.25, -0.2) is 9.78 Å². The molecule has 0 aliphatic heterocycles. The van der Waals surface area contributed by atoms with Crippen LogP contribution in [0.2, 0.25) is 0 Å². The number of ether oxygens (including phenoxy) is 1. The molecule has 0 aliphatic rings. The van der Waals surface area contributed by atoms with Crippen molar-refractivity contribution in [3.05, 3.63) is 77.2 Å². The third-order valence-electron chi connectivity index (χ3n) is 4.99. The van der Waals surface area contributed by atoms with Crippen molar-refractivity contribution in [1.82, 2.24) is 19.5 Å². The number of para-hydroxylation sites is 2. The number of nitrogens with zero attached hydrogens (tertiary/aromatic N) is 2. The highest BCUT2D eigenvalue weighted by Crippen LogP contribution is 2.29. The maximum absolute atomic E-state index is 12.6. The lowest BCUT2D eigenvalue weighted by Crippen LogP contribution is -2.14. The van der Waals surface area contributed by atoms with E-state index in [9.17, 15) is 9.59 Å². The molecule has 8 nitrogen and oxygen atoms in total. The number of nitrogens with one attached hydrogen (secondary N) is 3. The molecule has 9 heteroatoms. The fourth-order valence-electron chi connectivity index (χ4n) is 3.52. The van der Waals surface area contributed by atoms with E-state index < -0.39 is 0 Å². The van der Waals surface area contributed by atoms with Crippen molar-refractivity contribution in [2.75, 3.05) is 18.2 Å². The quantitative estimate of drug-likeness (QED) is 0.344. The first-order valence-corrected chi connectivity index (χ1v) is 10.9. The van der Waals surface area contributed by atoms with Crippen LogP contribution < -0.4 is 15.7 Å². The highest BCUT2D eigenvalue weighted by atomic mass is 32.2. The number of benzene rings is 3. The molecule has 0 fully saturated rings. The number of hydrogen-bond donors (Lipinski definition) is 3. The minimum absolute atomic E-state index is 0.166. The summed E-state index contributed by atoms with van der Waals surface area (Å²) in [5.41, 5.74) is 4.41. The monoisotopic (exact) mass is 445 g/mol. The van der Waals surface area contributed by atoms with Gasteiger partial charge in [0.2, 0.25) is 5.91 Å². The van der Waals surface area contributed by atoms with E-state index in [0.717, 1.165) is 27.6 Å². The molecule has 5 rings (SSSR count). The summed E-state index contributed by atoms with van der Waals surface area (Å²) in [6.07, 6.45) is 0. The molecule has 0 unspecified atom stereocenters. The Balaban J connectivity index is 1.38. The van der Waals surface area contributed by atoms with Gasteiger partial charge in [0.25, 0.3) is 0 Å². The van der Waals surface area contributed by atoms with Gasteiger partial charge in [0.05, 0.1) is 34.9 Å². The van der Waals surface area contributed by atoms with Crippen molar-refractivity contribution in [3.63, 3.8) is 0 Å². The highest BCUT2D eigenvalue weighted by molar-refractivity contribution is 7.99. The molecule has 1 amide bonds. The normalized spacial score (nSPS) is 11.2. The number of anilines is 1. The number of aromatic nitrogens is 4. The van der Waals surface area contributed by atoms with Crippen LogP contribution in [0.5, 0.6) is 5.75 Å². The van der Waals surface area contributed by atoms with Gasteiger partial charge < -0.3 is 20.0 Å². The van der Waals surface area contributed by atoms with Gasteiger partial charge in [-0.05, 0) is 54.6 Å². The van der Waals surface area contributed by atoms with Gasteiger partial charge in [-0.1, -0.05) is 23.9 Å². The summed E-state index contributed by atoms with van der Waals surface area (Å²) in [5, 5.41) is 3.59. The van der Waals surface area contributed by atoms with Crippen LogP contribution in [0.25, 0.3) is 27.8 Å². The standard InChI is InChI=1S/C23H19N5O3S/c1-31-16-9-7-15(8-10-16)28-20-5-3-2-4-18(20)27-23(28)32-13-21(29)24-14-6-11-17-19(12-14)26-22(30)25-17/h2-12H,13H2,1H3,(H,24,29)(H2,25,26,30). The Hall–Kier alpha value is -3.98. The van der Waals surface area contributed by atoms with Crippen LogP contribution in [0.3, 0.4) is 0 Å². The fraction of sp³-hybridized carbons (Fsp3) is 0.0870. The second-order valence-corrected chi connectivity index (χ2v) is 8.04. The zero-order chi connectivity index (χ0) is 22.1. The highest BCUT2D eigenvalue weighted by Gasteiger charge is 2.15. The zero-order valence-corrected chi connectivity index (χ0v) is 17.9. The van der Waals surface area contributed by atoms with Crippen molar-refractivity contribution in [1.29, 1.82) is 0 Å². The van der Waals surface area contributed by atoms with Crippen LogP contribution in [-0.2, 0) is 4.79 Å². The van der Waals surface area contributed by atoms with E-state index >= 15 is 0 Å². The molecule has 0 saturated heterocycles. The van der Waals surface area contributed by atoms with Gasteiger partial charge >= 0.3 is 5.69 Å². The summed E-state index contributed by atoms with van der Waals surface area (Å²) in [6.45, 7) is 0. The summed E-state index contributed by atoms with van der Waals surface area (Å²) in [7, 11) is 1.63. The smallest absolute Gasteiger partial charge is 0.323 e. The first kappa shape index (κ1) is 20.0. The molecule has 0 bridgehead atoms. The van der Waals surface area contributed by atoms with Crippen molar-refractivity contribution in [2.24, 2.45) is 0 Å². The van der Waals surface area contributed by atoms with Crippen LogP contribution in [0, 0.1) is 0 Å². The van der Waals surface area contributed by atoms with Crippen LogP contribution in [0.4, 0.5) is 5.69 Å². The van der Waals surface area contributed by atoms with E-state index in [1.807, 2.05) is 53.1 Å². The lowest BCUT2D eigenvalue weighted by molar-refractivity contribution is -0.113. The number of carbonyl (C=O) groups is 1. The Bertz CT molecular complexity index is 1480. The number of hydrogen-bond acceptors (Lipinski definition) is 5. The molecule has 160 valence electrons. The molecule has 5 aromatic rings. The van der Waals surface area contributed by atoms with Crippen LogP contribution >= 0.6 is 11.8 Å². The number of methoxy groups -OCH3 is 1. The second kappa shape index (κ2) is 8.27. The number of thioether (sulfide) groups is 1. The lowest BCUT2D eigenvalue weighted by Gasteiger charge is -2.10. The Labute approximate surface area is 186 Å². The van der Waals surface area contributed by atoms with Crippen LogP contribution in [0.1, 0.15) is 0 Å². The first-order valence-electron chi connectivity index (χ1n) is 9.87. The average molecular weight is 446 g/mol. The van der Waals surface area contributed by atoms with Gasteiger partial charge in [-0.15, -0.1) is 0 Å². The summed E-state index contributed by atoms with van der Waals surface area (Å²) in [4.78, 5) is 34.1. The number of imidazole rings is 2. The van der Waals surface area contributed by atoms with Crippen molar-refractivity contribution < 1.29 is 9.53 Å². The summed E-state index contributed by atoms with van der Waals surface area (Å²) in [5.74, 6) is 0.786. The third-order valence-corrected chi connectivity index (χ3v) is 5.93. The number of rotatable bonds is 6. The van der Waals surface area contributed by atoms with E-state index in [-0.39, 0.29) is 17.3 Å². The molecule has 0 saturated carbocycles.